The molecule has 2 aromatic heterocycles. The van der Waals surface area contributed by atoms with Gasteiger partial charge in [0.1, 0.15) is 10.4 Å². The molecule has 94 valence electrons. The number of hydrogen-bond acceptors (Lipinski definition) is 5. The first-order valence-electron chi connectivity index (χ1n) is 5.62. The van der Waals surface area contributed by atoms with Gasteiger partial charge in [0.25, 0.3) is 0 Å². The Morgan fingerprint density at radius 2 is 2.05 bits per heavy atom. The molecule has 0 bridgehead atoms. The van der Waals surface area contributed by atoms with Crippen LogP contribution in [-0.4, -0.2) is 15.0 Å². The SMILES string of the molecule is Nc1cc(Br)nc(Nc2cccc3cnccc23)n1. The Balaban J connectivity index is 2.05. The van der Waals surface area contributed by atoms with Gasteiger partial charge in [0.05, 0.1) is 0 Å². The number of anilines is 3. The van der Waals surface area contributed by atoms with E-state index in [1.165, 1.54) is 0 Å². The highest BCUT2D eigenvalue weighted by atomic mass is 79.9. The van der Waals surface area contributed by atoms with Crippen LogP contribution in [0.1, 0.15) is 0 Å². The van der Waals surface area contributed by atoms with Gasteiger partial charge in [-0.1, -0.05) is 12.1 Å². The third-order valence-corrected chi connectivity index (χ3v) is 3.05. The largest absolute Gasteiger partial charge is 0.383 e. The molecule has 0 saturated heterocycles. The van der Waals surface area contributed by atoms with Gasteiger partial charge in [0.15, 0.2) is 0 Å². The molecule has 5 nitrogen and oxygen atoms in total. The van der Waals surface area contributed by atoms with Gasteiger partial charge in [-0.2, -0.15) is 4.98 Å². The molecule has 0 fully saturated rings. The number of nitrogens with zero attached hydrogens (tertiary/aromatic N) is 3. The number of pyridine rings is 1. The predicted molar refractivity (Wildman–Crippen MR) is 79.2 cm³/mol. The molecular formula is C13H10BrN5. The molecule has 3 rings (SSSR count). The first-order valence-corrected chi connectivity index (χ1v) is 6.41. The molecule has 0 aliphatic rings. The molecule has 0 aliphatic carbocycles. The van der Waals surface area contributed by atoms with Gasteiger partial charge in [-0.3, -0.25) is 4.98 Å². The average molecular weight is 316 g/mol. The molecule has 0 saturated carbocycles. The highest BCUT2D eigenvalue weighted by Crippen LogP contribution is 2.25. The van der Waals surface area contributed by atoms with Crippen LogP contribution in [0.25, 0.3) is 10.8 Å². The number of nitrogen functional groups attached to an aromatic ring is 1. The fourth-order valence-electron chi connectivity index (χ4n) is 1.84. The van der Waals surface area contributed by atoms with Gasteiger partial charge in [0, 0.05) is 34.9 Å². The lowest BCUT2D eigenvalue weighted by Crippen LogP contribution is -2.01. The van der Waals surface area contributed by atoms with Crippen molar-refractivity contribution in [2.24, 2.45) is 0 Å². The molecule has 19 heavy (non-hydrogen) atoms. The van der Waals surface area contributed by atoms with E-state index in [1.54, 1.807) is 12.3 Å². The zero-order chi connectivity index (χ0) is 13.2. The molecule has 0 unspecified atom stereocenters. The van der Waals surface area contributed by atoms with Crippen molar-refractivity contribution in [1.29, 1.82) is 0 Å². The standard InChI is InChI=1S/C13H10BrN5/c14-11-6-12(15)19-13(18-11)17-10-3-1-2-8-7-16-5-4-9(8)10/h1-7H,(H3,15,17,18,19). The predicted octanol–water partition coefficient (Wildman–Crippen LogP) is 3.11. The minimum absolute atomic E-state index is 0.409. The maximum Gasteiger partial charge on any atom is 0.230 e. The third kappa shape index (κ3) is 2.48. The zero-order valence-corrected chi connectivity index (χ0v) is 11.4. The minimum Gasteiger partial charge on any atom is -0.383 e. The molecule has 0 amide bonds. The second-order valence-electron chi connectivity index (χ2n) is 3.97. The topological polar surface area (TPSA) is 76.7 Å². The van der Waals surface area contributed by atoms with Crippen molar-refractivity contribution in [1.82, 2.24) is 15.0 Å². The highest BCUT2D eigenvalue weighted by Gasteiger charge is 2.04. The molecule has 2 heterocycles. The number of benzene rings is 1. The lowest BCUT2D eigenvalue weighted by Gasteiger charge is -2.08. The van der Waals surface area contributed by atoms with Crippen molar-refractivity contribution >= 4 is 44.2 Å². The second-order valence-corrected chi connectivity index (χ2v) is 4.78. The lowest BCUT2D eigenvalue weighted by atomic mass is 10.1. The molecule has 6 heteroatoms. The lowest BCUT2D eigenvalue weighted by molar-refractivity contribution is 1.15. The zero-order valence-electron chi connectivity index (χ0n) is 9.84. The van der Waals surface area contributed by atoms with Crippen molar-refractivity contribution in [3.05, 3.63) is 47.3 Å². The summed E-state index contributed by atoms with van der Waals surface area (Å²) in [7, 11) is 0. The van der Waals surface area contributed by atoms with Gasteiger partial charge < -0.3 is 11.1 Å². The summed E-state index contributed by atoms with van der Waals surface area (Å²) in [6.45, 7) is 0. The fourth-order valence-corrected chi connectivity index (χ4v) is 2.25. The van der Waals surface area contributed by atoms with E-state index in [-0.39, 0.29) is 0 Å². The number of rotatable bonds is 2. The first kappa shape index (κ1) is 11.9. The Morgan fingerprint density at radius 3 is 2.89 bits per heavy atom. The minimum atomic E-state index is 0.409. The number of nitrogens with one attached hydrogen (secondary N) is 1. The Hall–Kier alpha value is -2.21. The Labute approximate surface area is 118 Å². The second kappa shape index (κ2) is 4.81. The van der Waals surface area contributed by atoms with Crippen LogP contribution >= 0.6 is 15.9 Å². The summed E-state index contributed by atoms with van der Waals surface area (Å²) in [4.78, 5) is 12.5. The van der Waals surface area contributed by atoms with E-state index in [1.807, 2.05) is 30.5 Å². The summed E-state index contributed by atoms with van der Waals surface area (Å²) in [5, 5.41) is 5.28. The average Bonchev–Trinajstić information content (AvgIpc) is 2.38. The highest BCUT2D eigenvalue weighted by molar-refractivity contribution is 9.10. The fraction of sp³-hybridized carbons (Fsp3) is 0. The van der Waals surface area contributed by atoms with Gasteiger partial charge in [0.2, 0.25) is 5.95 Å². The van der Waals surface area contributed by atoms with Crippen molar-refractivity contribution in [2.75, 3.05) is 11.1 Å². The third-order valence-electron chi connectivity index (χ3n) is 2.64. The molecule has 0 radical (unpaired) electrons. The molecule has 0 aliphatic heterocycles. The van der Waals surface area contributed by atoms with Crippen molar-refractivity contribution < 1.29 is 0 Å². The summed E-state index contributed by atoms with van der Waals surface area (Å²) in [6.07, 6.45) is 3.57. The number of hydrogen-bond donors (Lipinski definition) is 2. The van der Waals surface area contributed by atoms with E-state index in [9.17, 15) is 0 Å². The Bertz CT molecular complexity index is 718. The van der Waals surface area contributed by atoms with Crippen LogP contribution in [0.15, 0.2) is 47.3 Å². The van der Waals surface area contributed by atoms with Crippen LogP contribution in [0.3, 0.4) is 0 Å². The molecule has 3 aromatic rings. The molecule has 1 aromatic carbocycles. The summed E-state index contributed by atoms with van der Waals surface area (Å²) >= 11 is 3.29. The number of aromatic nitrogens is 3. The van der Waals surface area contributed by atoms with Crippen LogP contribution in [0.4, 0.5) is 17.5 Å². The number of fused-ring (bicyclic) bond motifs is 1. The van der Waals surface area contributed by atoms with Crippen LogP contribution in [0.5, 0.6) is 0 Å². The summed E-state index contributed by atoms with van der Waals surface area (Å²) in [5.41, 5.74) is 6.61. The molecular weight excluding hydrogens is 306 g/mol. The summed E-state index contributed by atoms with van der Waals surface area (Å²) < 4.78 is 0.643. The normalized spacial score (nSPS) is 10.6. The van der Waals surface area contributed by atoms with Crippen LogP contribution in [0.2, 0.25) is 0 Å². The first-order chi connectivity index (χ1) is 9.22. The van der Waals surface area contributed by atoms with Gasteiger partial charge in [-0.25, -0.2) is 4.98 Å². The maximum atomic E-state index is 5.69. The number of nitrogens with two attached hydrogens (primary N) is 1. The van der Waals surface area contributed by atoms with E-state index in [2.05, 4.69) is 36.2 Å². The van der Waals surface area contributed by atoms with Crippen molar-refractivity contribution in [3.8, 4) is 0 Å². The maximum absolute atomic E-state index is 5.69. The Kier molecular flexibility index (Phi) is 3.00. The van der Waals surface area contributed by atoms with Crippen LogP contribution in [0, 0.1) is 0 Å². The van der Waals surface area contributed by atoms with E-state index in [0.717, 1.165) is 16.5 Å². The van der Waals surface area contributed by atoms with E-state index < -0.39 is 0 Å². The monoisotopic (exact) mass is 315 g/mol. The van der Waals surface area contributed by atoms with Crippen molar-refractivity contribution in [2.45, 2.75) is 0 Å². The summed E-state index contributed by atoms with van der Waals surface area (Å²) in [6, 6.07) is 9.51. The number of halogens is 1. The van der Waals surface area contributed by atoms with Gasteiger partial charge in [-0.15, -0.1) is 0 Å². The van der Waals surface area contributed by atoms with E-state index in [4.69, 9.17) is 5.73 Å². The van der Waals surface area contributed by atoms with E-state index in [0.29, 0.717) is 16.4 Å². The smallest absolute Gasteiger partial charge is 0.230 e. The van der Waals surface area contributed by atoms with Crippen LogP contribution in [-0.2, 0) is 0 Å². The summed E-state index contributed by atoms with van der Waals surface area (Å²) in [5.74, 6) is 0.863. The Morgan fingerprint density at radius 1 is 1.16 bits per heavy atom. The van der Waals surface area contributed by atoms with E-state index >= 15 is 0 Å². The van der Waals surface area contributed by atoms with Gasteiger partial charge >= 0.3 is 0 Å². The quantitative estimate of drug-likeness (QED) is 0.710. The van der Waals surface area contributed by atoms with Crippen LogP contribution < -0.4 is 11.1 Å². The van der Waals surface area contributed by atoms with Gasteiger partial charge in [-0.05, 0) is 28.1 Å². The molecule has 3 N–H and O–H groups in total. The molecule has 0 spiro atoms. The molecule has 0 atom stereocenters. The van der Waals surface area contributed by atoms with Crippen molar-refractivity contribution in [3.63, 3.8) is 0 Å².